The average Bonchev–Trinajstić information content (AvgIpc) is 2.73. The molecule has 0 unspecified atom stereocenters. The Hall–Kier alpha value is -3.43. The highest BCUT2D eigenvalue weighted by atomic mass is 19.5. The summed E-state index contributed by atoms with van der Waals surface area (Å²) in [5, 5.41) is 54.9. The van der Waals surface area contributed by atoms with Crippen LogP contribution in [0.4, 0.5) is 17.3 Å². The van der Waals surface area contributed by atoms with E-state index in [1.165, 1.54) is 44.1 Å². The van der Waals surface area contributed by atoms with Crippen molar-refractivity contribution in [3.8, 4) is 5.75 Å². The van der Waals surface area contributed by atoms with Crippen molar-refractivity contribution in [2.45, 2.75) is 30.6 Å². The molecule has 0 aliphatic heterocycles. The molecule has 0 aromatic heterocycles. The Labute approximate surface area is 207 Å². The van der Waals surface area contributed by atoms with Crippen LogP contribution in [-0.2, 0) is 20.0 Å². The third-order valence-corrected chi connectivity index (χ3v) is 7.02. The van der Waals surface area contributed by atoms with Crippen molar-refractivity contribution in [1.29, 1.82) is 0 Å². The summed E-state index contributed by atoms with van der Waals surface area (Å²) in [4.78, 5) is 40.0. The molecule has 15 heteroatoms. The highest BCUT2D eigenvalue weighted by molar-refractivity contribution is 6.50. The van der Waals surface area contributed by atoms with Crippen LogP contribution in [0.5, 0.6) is 5.75 Å². The number of ketones is 2. The molecule has 0 saturated heterocycles. The van der Waals surface area contributed by atoms with Gasteiger partial charge in [0, 0.05) is 17.4 Å². The number of nitrogens with two attached hydrogens (primary N) is 1. The highest BCUT2D eigenvalue weighted by Gasteiger charge is 2.66. The van der Waals surface area contributed by atoms with Crippen LogP contribution < -0.4 is 5.73 Å². The van der Waals surface area contributed by atoms with Crippen LogP contribution in [0.3, 0.4) is 0 Å². The van der Waals surface area contributed by atoms with E-state index in [2.05, 4.69) is 0 Å². The smallest absolute Gasteiger partial charge is 0.508 e. The Morgan fingerprint density at radius 3 is 2.14 bits per heavy atom. The van der Waals surface area contributed by atoms with Crippen LogP contribution in [0.1, 0.15) is 24.5 Å². The molecule has 1 saturated carbocycles. The lowest BCUT2D eigenvalue weighted by Gasteiger charge is -2.53. The van der Waals surface area contributed by atoms with Crippen molar-refractivity contribution in [3.63, 3.8) is 0 Å². The second-order valence-corrected chi connectivity index (χ2v) is 9.46. The lowest BCUT2D eigenvalue weighted by Crippen LogP contribution is -2.67. The number of Topliss-reactive ketones (excluding diaryl/α,β-unsaturated/α-hetero) is 2. The summed E-state index contributed by atoms with van der Waals surface area (Å²) in [7, 11) is -2.99. The maximum atomic E-state index is 13.7. The number of aromatic hydroxyl groups is 1. The molecule has 1 amide bonds. The first-order chi connectivity index (χ1) is 16.8. The molecule has 0 heterocycles. The predicted octanol–water partition coefficient (Wildman–Crippen LogP) is 0.929. The molecule has 3 aliphatic carbocycles. The summed E-state index contributed by atoms with van der Waals surface area (Å²) in [5.74, 6) is -7.90. The number of rotatable bonds is 2. The maximum Gasteiger partial charge on any atom is 0.673 e. The summed E-state index contributed by atoms with van der Waals surface area (Å²) in [6.45, 7) is 1.40. The second kappa shape index (κ2) is 8.85. The van der Waals surface area contributed by atoms with E-state index < -0.39 is 82.2 Å². The topological polar surface area (TPSA) is 182 Å². The van der Waals surface area contributed by atoms with Crippen molar-refractivity contribution in [3.05, 3.63) is 46.2 Å². The summed E-state index contributed by atoms with van der Waals surface area (Å²) in [5.41, 5.74) is -0.548. The summed E-state index contributed by atoms with van der Waals surface area (Å²) in [6.07, 6.45) is -0.200. The minimum absolute atomic E-state index is 0.170. The number of benzene rings is 1. The molecule has 37 heavy (non-hydrogen) atoms. The molecule has 0 bridgehead atoms. The van der Waals surface area contributed by atoms with Gasteiger partial charge in [0.15, 0.2) is 11.4 Å². The van der Waals surface area contributed by atoms with E-state index in [1.54, 1.807) is 0 Å². The number of likely N-dealkylation sites (N-methyl/N-ethyl adjacent to an activating group) is 1. The van der Waals surface area contributed by atoms with Gasteiger partial charge in [-0.3, -0.25) is 19.3 Å². The van der Waals surface area contributed by atoms with Crippen LogP contribution >= 0.6 is 0 Å². The first-order valence-corrected chi connectivity index (χ1v) is 10.8. The number of amides is 1. The number of fused-ring (bicyclic) bond motifs is 3. The van der Waals surface area contributed by atoms with Crippen molar-refractivity contribution >= 4 is 30.5 Å². The van der Waals surface area contributed by atoms with Crippen molar-refractivity contribution in [1.82, 2.24) is 4.90 Å². The lowest BCUT2D eigenvalue weighted by atomic mass is 9.54. The van der Waals surface area contributed by atoms with Gasteiger partial charge < -0.3 is 48.5 Å². The van der Waals surface area contributed by atoms with Crippen molar-refractivity contribution < 1.29 is 57.2 Å². The van der Waals surface area contributed by atoms with Gasteiger partial charge in [-0.1, -0.05) is 12.1 Å². The lowest BCUT2D eigenvalue weighted by molar-refractivity contribution is -0.159. The third-order valence-electron chi connectivity index (χ3n) is 7.02. The molecule has 1 aromatic carbocycles. The molecule has 7 N–H and O–H groups in total. The number of aliphatic hydroxyl groups excluding tert-OH is 2. The average molecular weight is 531 g/mol. The van der Waals surface area contributed by atoms with E-state index in [4.69, 9.17) is 5.73 Å². The zero-order valence-corrected chi connectivity index (χ0v) is 19.7. The van der Waals surface area contributed by atoms with Crippen LogP contribution in [0, 0.1) is 11.8 Å². The number of hydrogen-bond acceptors (Lipinski definition) is 9. The van der Waals surface area contributed by atoms with Crippen LogP contribution in [0.2, 0.25) is 0 Å². The van der Waals surface area contributed by atoms with Crippen LogP contribution in [0.25, 0.3) is 5.76 Å². The minimum Gasteiger partial charge on any atom is -0.508 e. The number of primary amides is 1. The Morgan fingerprint density at radius 2 is 1.65 bits per heavy atom. The van der Waals surface area contributed by atoms with E-state index in [0.29, 0.717) is 0 Å². The van der Waals surface area contributed by atoms with Gasteiger partial charge in [0.2, 0.25) is 5.78 Å². The number of phenols is 1. The first kappa shape index (κ1) is 28.2. The standard InChI is InChI=1S/C22H24N2O8.BF4/c1-21(31)8-5-4-6-11(25)12(8)16(26)13-9(21)7-10-15(24(2)3)17(27)14(20(23)30)19(29)22(10,32)18(13)28;2-1(3,4)5/h4-6,9-10,15,25-26,29,31-32H,7H2,1-3H3,(H2,23,30);/q;-1/t9-,10-,15-,21+,22-;/m0./s1. The van der Waals surface area contributed by atoms with Gasteiger partial charge in [0.25, 0.3) is 5.91 Å². The molecule has 1 fully saturated rings. The molecular weight excluding hydrogens is 507 g/mol. The predicted molar refractivity (Wildman–Crippen MR) is 120 cm³/mol. The number of carbonyl (C=O) groups excluding carboxylic acids is 3. The Morgan fingerprint density at radius 1 is 1.11 bits per heavy atom. The van der Waals surface area contributed by atoms with Crippen molar-refractivity contribution in [2.24, 2.45) is 17.6 Å². The van der Waals surface area contributed by atoms with Crippen LogP contribution in [0.15, 0.2) is 35.1 Å². The minimum atomic E-state index is -6.00. The number of phenolic OH excluding ortho intramolecular Hbond substituents is 1. The van der Waals surface area contributed by atoms with E-state index in [9.17, 15) is 57.2 Å². The molecule has 4 rings (SSSR count). The Bertz CT molecular complexity index is 1250. The second-order valence-electron chi connectivity index (χ2n) is 9.46. The van der Waals surface area contributed by atoms with Crippen LogP contribution in [-0.4, -0.2) is 80.9 Å². The van der Waals surface area contributed by atoms with Gasteiger partial charge in [0.1, 0.15) is 22.8 Å². The van der Waals surface area contributed by atoms with Gasteiger partial charge in [-0.15, -0.1) is 0 Å². The number of carbonyl (C=O) groups is 3. The quantitative estimate of drug-likeness (QED) is 0.184. The Balaban J connectivity index is 0.000000695. The van der Waals surface area contributed by atoms with Gasteiger partial charge in [-0.25, -0.2) is 0 Å². The van der Waals surface area contributed by atoms with E-state index in [0.717, 1.165) is 0 Å². The fraction of sp³-hybridized carbons (Fsp3) is 0.409. The zero-order chi connectivity index (χ0) is 28.4. The van der Waals surface area contributed by atoms with Gasteiger partial charge >= 0.3 is 7.25 Å². The molecule has 3 aliphatic rings. The fourth-order valence-electron chi connectivity index (χ4n) is 5.50. The SMILES string of the molecule is CN(C)[C@@H]1C(=O)C(C(N)=O)=C(O)[C@@]2(O)C(=O)C3=C(O)c4c(O)cccc4[C@@](C)(O)[C@H]3C[C@@H]12.F[B-](F)(F)F. The van der Waals surface area contributed by atoms with Gasteiger partial charge in [-0.05, 0) is 39.1 Å². The highest BCUT2D eigenvalue weighted by Crippen LogP contribution is 2.57. The first-order valence-electron chi connectivity index (χ1n) is 10.8. The fourth-order valence-corrected chi connectivity index (χ4v) is 5.50. The van der Waals surface area contributed by atoms with Gasteiger partial charge in [0.05, 0.1) is 17.2 Å². The number of nitrogens with zero attached hydrogens (tertiary/aromatic N) is 1. The molecular formula is C22H24BF4N2O8-. The normalized spacial score (nSPS) is 31.4. The third kappa shape index (κ3) is 4.26. The van der Waals surface area contributed by atoms with E-state index >= 15 is 0 Å². The summed E-state index contributed by atoms with van der Waals surface area (Å²) < 4.78 is 39.0. The number of aliphatic hydroxyl groups is 4. The molecule has 10 nitrogen and oxygen atoms in total. The van der Waals surface area contributed by atoms with E-state index in [-0.39, 0.29) is 17.5 Å². The Kier molecular flexibility index (Phi) is 6.73. The number of hydrogen-bond donors (Lipinski definition) is 6. The molecule has 1 aromatic rings. The molecule has 202 valence electrons. The maximum absolute atomic E-state index is 13.7. The molecule has 0 spiro atoms. The van der Waals surface area contributed by atoms with Gasteiger partial charge in [-0.2, -0.15) is 0 Å². The largest absolute Gasteiger partial charge is 0.673 e. The summed E-state index contributed by atoms with van der Waals surface area (Å²) >= 11 is 0. The van der Waals surface area contributed by atoms with E-state index in [1.807, 2.05) is 0 Å². The number of halogens is 4. The molecule has 0 radical (unpaired) electrons. The zero-order valence-electron chi connectivity index (χ0n) is 19.7. The van der Waals surface area contributed by atoms with Crippen molar-refractivity contribution in [2.75, 3.05) is 14.1 Å². The molecule has 5 atom stereocenters. The monoisotopic (exact) mass is 531 g/mol. The summed E-state index contributed by atoms with van der Waals surface area (Å²) in [6, 6.07) is 3.02.